The third-order valence-corrected chi connectivity index (χ3v) is 6.26. The lowest BCUT2D eigenvalue weighted by Gasteiger charge is -2.33. The number of benzene rings is 1. The Balaban J connectivity index is 1.50. The minimum absolute atomic E-state index is 0.226. The summed E-state index contributed by atoms with van der Waals surface area (Å²) in [6, 6.07) is 9.26. The number of hydrogen-bond donors (Lipinski definition) is 0. The van der Waals surface area contributed by atoms with E-state index in [0.717, 1.165) is 35.9 Å². The summed E-state index contributed by atoms with van der Waals surface area (Å²) in [6.07, 6.45) is 5.81. The molecule has 2 aliphatic rings. The molecule has 0 radical (unpaired) electrons. The van der Waals surface area contributed by atoms with Crippen molar-refractivity contribution in [2.24, 2.45) is 0 Å². The molecule has 2 heterocycles. The molecule has 0 spiro atoms. The summed E-state index contributed by atoms with van der Waals surface area (Å²) in [5.74, 6) is 1.60. The fourth-order valence-corrected chi connectivity index (χ4v) is 4.51. The predicted molar refractivity (Wildman–Crippen MR) is 104 cm³/mol. The number of likely N-dealkylation sites (tertiary alicyclic amines) is 1. The van der Waals surface area contributed by atoms with Crippen molar-refractivity contribution in [2.45, 2.75) is 63.2 Å². The summed E-state index contributed by atoms with van der Waals surface area (Å²) in [5, 5.41) is 9.74. The molecule has 1 amide bonds. The number of nitrogens with zero attached hydrogens (tertiary/aromatic N) is 4. The molecule has 0 N–H and O–H groups in total. The quantitative estimate of drug-likeness (QED) is 0.744. The van der Waals surface area contributed by atoms with Crippen LogP contribution in [0.1, 0.15) is 50.6 Å². The van der Waals surface area contributed by atoms with Crippen LogP contribution < -0.4 is 0 Å². The van der Waals surface area contributed by atoms with Crippen molar-refractivity contribution in [2.75, 3.05) is 12.3 Å². The van der Waals surface area contributed by atoms with E-state index >= 15 is 0 Å². The van der Waals surface area contributed by atoms with E-state index in [-0.39, 0.29) is 5.91 Å². The third-order valence-electron chi connectivity index (χ3n) is 5.33. The number of carbonyl (C=O) groups excluding carboxylic acids is 1. The molecule has 2 fully saturated rings. The van der Waals surface area contributed by atoms with E-state index in [4.69, 9.17) is 0 Å². The Bertz CT molecular complexity index is 782. The number of thioether (sulfide) groups is 1. The van der Waals surface area contributed by atoms with Crippen LogP contribution in [-0.4, -0.2) is 43.9 Å². The first kappa shape index (κ1) is 17.6. The third kappa shape index (κ3) is 3.65. The van der Waals surface area contributed by atoms with Gasteiger partial charge in [0.25, 0.3) is 0 Å². The zero-order valence-electron chi connectivity index (χ0n) is 15.5. The van der Waals surface area contributed by atoms with Crippen LogP contribution in [-0.2, 0) is 4.79 Å². The van der Waals surface area contributed by atoms with Crippen molar-refractivity contribution in [1.29, 1.82) is 0 Å². The van der Waals surface area contributed by atoms with Crippen molar-refractivity contribution < 1.29 is 4.79 Å². The van der Waals surface area contributed by atoms with Gasteiger partial charge in [0.1, 0.15) is 0 Å². The lowest BCUT2D eigenvalue weighted by Crippen LogP contribution is -2.43. The lowest BCUT2D eigenvalue weighted by molar-refractivity contribution is -0.131. The minimum atomic E-state index is 0.226. The molecular weight excluding hydrogens is 344 g/mol. The minimum Gasteiger partial charge on any atom is -0.339 e. The number of amides is 1. The highest BCUT2D eigenvalue weighted by atomic mass is 32.2. The average Bonchev–Trinajstić information content (AvgIpc) is 3.40. The normalized spacial score (nSPS) is 20.4. The zero-order valence-corrected chi connectivity index (χ0v) is 16.3. The molecule has 26 heavy (non-hydrogen) atoms. The molecule has 1 aliphatic carbocycles. The van der Waals surface area contributed by atoms with Crippen LogP contribution in [0.4, 0.5) is 0 Å². The van der Waals surface area contributed by atoms with Crippen LogP contribution in [0.3, 0.4) is 0 Å². The fourth-order valence-electron chi connectivity index (χ4n) is 3.61. The van der Waals surface area contributed by atoms with Gasteiger partial charge < -0.3 is 4.90 Å². The van der Waals surface area contributed by atoms with E-state index < -0.39 is 0 Å². The summed E-state index contributed by atoms with van der Waals surface area (Å²) in [7, 11) is 0. The van der Waals surface area contributed by atoms with E-state index in [2.05, 4.69) is 52.9 Å². The molecule has 1 atom stereocenters. The van der Waals surface area contributed by atoms with E-state index in [1.54, 1.807) is 0 Å². The van der Waals surface area contributed by atoms with Crippen molar-refractivity contribution in [3.63, 3.8) is 0 Å². The SMILES string of the molecule is Cc1ccc(-c2nnc(SCC(=O)N3CCCCC3C)n2C2CC2)cc1. The molecule has 1 aromatic carbocycles. The molecule has 0 bridgehead atoms. The Hall–Kier alpha value is -1.82. The van der Waals surface area contributed by atoms with Crippen molar-refractivity contribution >= 4 is 17.7 Å². The van der Waals surface area contributed by atoms with E-state index in [0.29, 0.717) is 17.8 Å². The Morgan fingerprint density at radius 2 is 1.92 bits per heavy atom. The van der Waals surface area contributed by atoms with Crippen LogP contribution in [0, 0.1) is 6.92 Å². The summed E-state index contributed by atoms with van der Waals surface area (Å²) >= 11 is 1.54. The van der Waals surface area contributed by atoms with E-state index in [1.807, 2.05) is 4.90 Å². The first-order chi connectivity index (χ1) is 12.6. The number of hydrogen-bond acceptors (Lipinski definition) is 4. The molecular formula is C20H26N4OS. The molecule has 4 rings (SSSR count). The van der Waals surface area contributed by atoms with E-state index in [9.17, 15) is 4.79 Å². The highest BCUT2D eigenvalue weighted by Crippen LogP contribution is 2.41. The molecule has 1 aliphatic heterocycles. The highest BCUT2D eigenvalue weighted by Gasteiger charge is 2.31. The number of carbonyl (C=O) groups is 1. The Morgan fingerprint density at radius 1 is 1.15 bits per heavy atom. The summed E-state index contributed by atoms with van der Waals surface area (Å²) < 4.78 is 2.24. The van der Waals surface area contributed by atoms with Crippen LogP contribution in [0.5, 0.6) is 0 Å². The van der Waals surface area contributed by atoms with Gasteiger partial charge in [0.15, 0.2) is 11.0 Å². The second-order valence-corrected chi connectivity index (χ2v) is 8.44. The van der Waals surface area contributed by atoms with Gasteiger partial charge in [-0.3, -0.25) is 9.36 Å². The first-order valence-corrected chi connectivity index (χ1v) is 10.6. The highest BCUT2D eigenvalue weighted by molar-refractivity contribution is 7.99. The van der Waals surface area contributed by atoms with Gasteiger partial charge in [-0.2, -0.15) is 0 Å². The van der Waals surface area contributed by atoms with Gasteiger partial charge in [-0.25, -0.2) is 0 Å². The van der Waals surface area contributed by atoms with Gasteiger partial charge in [0.2, 0.25) is 5.91 Å². The van der Waals surface area contributed by atoms with Gasteiger partial charge in [-0.05, 0) is 46.0 Å². The average molecular weight is 371 g/mol. The molecule has 5 nitrogen and oxygen atoms in total. The standard InChI is InChI=1S/C20H26N4OS/c1-14-6-8-16(9-7-14)19-21-22-20(24(19)17-10-11-17)26-13-18(25)23-12-4-3-5-15(23)2/h6-9,15,17H,3-5,10-13H2,1-2H3. The first-order valence-electron chi connectivity index (χ1n) is 9.57. The second-order valence-electron chi connectivity index (χ2n) is 7.49. The summed E-state index contributed by atoms with van der Waals surface area (Å²) in [6.45, 7) is 5.14. The number of aromatic nitrogens is 3. The summed E-state index contributed by atoms with van der Waals surface area (Å²) in [4.78, 5) is 14.7. The monoisotopic (exact) mass is 370 g/mol. The van der Waals surface area contributed by atoms with Gasteiger partial charge in [-0.1, -0.05) is 41.6 Å². The van der Waals surface area contributed by atoms with Crippen LogP contribution in [0.25, 0.3) is 11.4 Å². The smallest absolute Gasteiger partial charge is 0.233 e. The molecule has 1 saturated heterocycles. The molecule has 6 heteroatoms. The maximum atomic E-state index is 12.6. The van der Waals surface area contributed by atoms with Gasteiger partial charge in [-0.15, -0.1) is 10.2 Å². The Kier molecular flexibility index (Phi) is 5.02. The van der Waals surface area contributed by atoms with Crippen molar-refractivity contribution in [3.8, 4) is 11.4 Å². The van der Waals surface area contributed by atoms with Crippen LogP contribution in [0.2, 0.25) is 0 Å². The Labute approximate surface area is 159 Å². The van der Waals surface area contributed by atoms with Gasteiger partial charge in [0, 0.05) is 24.2 Å². The molecule has 1 unspecified atom stereocenters. The van der Waals surface area contributed by atoms with Crippen molar-refractivity contribution in [3.05, 3.63) is 29.8 Å². The van der Waals surface area contributed by atoms with Crippen LogP contribution in [0.15, 0.2) is 29.4 Å². The largest absolute Gasteiger partial charge is 0.339 e. The summed E-state index contributed by atoms with van der Waals surface area (Å²) in [5.41, 5.74) is 2.33. The van der Waals surface area contributed by atoms with Gasteiger partial charge in [0.05, 0.1) is 5.75 Å². The maximum absolute atomic E-state index is 12.6. The maximum Gasteiger partial charge on any atom is 0.233 e. The second kappa shape index (κ2) is 7.43. The lowest BCUT2D eigenvalue weighted by atomic mass is 10.0. The predicted octanol–water partition coefficient (Wildman–Crippen LogP) is 4.08. The van der Waals surface area contributed by atoms with Crippen molar-refractivity contribution in [1.82, 2.24) is 19.7 Å². The molecule has 138 valence electrons. The Morgan fingerprint density at radius 3 is 2.62 bits per heavy atom. The van der Waals surface area contributed by atoms with Gasteiger partial charge >= 0.3 is 0 Å². The van der Waals surface area contributed by atoms with Crippen LogP contribution >= 0.6 is 11.8 Å². The topological polar surface area (TPSA) is 51.0 Å². The number of aryl methyl sites for hydroxylation is 1. The fraction of sp³-hybridized carbons (Fsp3) is 0.550. The number of piperidine rings is 1. The van der Waals surface area contributed by atoms with E-state index in [1.165, 1.54) is 36.6 Å². The zero-order chi connectivity index (χ0) is 18.1. The molecule has 1 aromatic heterocycles. The number of rotatable bonds is 5. The molecule has 1 saturated carbocycles. The molecule has 2 aromatic rings.